The van der Waals surface area contributed by atoms with Gasteiger partial charge in [0.1, 0.15) is 11.5 Å². The molecule has 2 aromatic heterocycles. The molecule has 110 valence electrons. The van der Waals surface area contributed by atoms with E-state index in [1.807, 2.05) is 22.2 Å². The molecule has 0 aliphatic carbocycles. The average Bonchev–Trinajstić information content (AvgIpc) is 3.24. The van der Waals surface area contributed by atoms with Crippen LogP contribution in [-0.2, 0) is 6.42 Å². The van der Waals surface area contributed by atoms with Crippen molar-refractivity contribution in [2.75, 3.05) is 11.9 Å². The summed E-state index contributed by atoms with van der Waals surface area (Å²) in [5.41, 5.74) is 3.20. The molecular weight excluding hydrogens is 298 g/mol. The van der Waals surface area contributed by atoms with Gasteiger partial charge in [-0.05, 0) is 36.1 Å². The van der Waals surface area contributed by atoms with E-state index in [1.165, 1.54) is 5.56 Å². The first-order valence-corrected chi connectivity index (χ1v) is 7.85. The van der Waals surface area contributed by atoms with Crippen molar-refractivity contribution >= 4 is 23.1 Å². The lowest BCUT2D eigenvalue weighted by Gasteiger charge is -2.07. The highest BCUT2D eigenvalue weighted by molar-refractivity contribution is 7.13. The number of aromatic carboxylic acids is 1. The monoisotopic (exact) mass is 311 g/mol. The summed E-state index contributed by atoms with van der Waals surface area (Å²) in [6.45, 7) is 0.879. The molecular formula is C16H13N3O2S. The third kappa shape index (κ3) is 2.00. The fourth-order valence-corrected chi connectivity index (χ4v) is 3.48. The largest absolute Gasteiger partial charge is 0.478 e. The lowest BCUT2D eigenvalue weighted by molar-refractivity contribution is 0.0697. The third-order valence-electron chi connectivity index (χ3n) is 3.74. The molecule has 0 bridgehead atoms. The molecule has 0 atom stereocenters. The Morgan fingerprint density at radius 3 is 3.00 bits per heavy atom. The molecule has 1 aromatic carbocycles. The van der Waals surface area contributed by atoms with Gasteiger partial charge in [0, 0.05) is 12.1 Å². The minimum Gasteiger partial charge on any atom is -0.478 e. The average molecular weight is 311 g/mol. The van der Waals surface area contributed by atoms with Crippen molar-refractivity contribution in [3.8, 4) is 16.3 Å². The van der Waals surface area contributed by atoms with Crippen molar-refractivity contribution in [2.24, 2.45) is 0 Å². The molecule has 0 fully saturated rings. The van der Waals surface area contributed by atoms with Crippen LogP contribution in [0.2, 0.25) is 0 Å². The molecule has 6 heteroatoms. The highest BCUT2D eigenvalue weighted by Gasteiger charge is 2.24. The maximum Gasteiger partial charge on any atom is 0.335 e. The first-order chi connectivity index (χ1) is 10.7. The summed E-state index contributed by atoms with van der Waals surface area (Å²) in [6.07, 6.45) is 0.932. The van der Waals surface area contributed by atoms with E-state index in [4.69, 9.17) is 10.2 Å². The molecule has 0 radical (unpaired) electrons. The molecule has 0 saturated heterocycles. The van der Waals surface area contributed by atoms with Gasteiger partial charge in [-0.2, -0.15) is 5.10 Å². The second-order valence-corrected chi connectivity index (χ2v) is 6.04. The number of carboxylic acid groups (broad SMARTS) is 1. The van der Waals surface area contributed by atoms with Gasteiger partial charge in [-0.3, -0.25) is 0 Å². The van der Waals surface area contributed by atoms with Crippen LogP contribution in [-0.4, -0.2) is 27.4 Å². The summed E-state index contributed by atoms with van der Waals surface area (Å²) in [7, 11) is 0. The van der Waals surface area contributed by atoms with Crippen LogP contribution in [0.3, 0.4) is 0 Å². The van der Waals surface area contributed by atoms with Gasteiger partial charge in [0.2, 0.25) is 0 Å². The number of hydrogen-bond acceptors (Lipinski definition) is 4. The summed E-state index contributed by atoms with van der Waals surface area (Å²) in [4.78, 5) is 12.3. The van der Waals surface area contributed by atoms with Crippen LogP contribution in [0.25, 0.3) is 16.3 Å². The topological polar surface area (TPSA) is 67.1 Å². The number of carbonyl (C=O) groups is 1. The van der Waals surface area contributed by atoms with E-state index in [2.05, 4.69) is 11.4 Å². The Morgan fingerprint density at radius 1 is 1.32 bits per heavy atom. The Morgan fingerprint density at radius 2 is 2.23 bits per heavy atom. The van der Waals surface area contributed by atoms with Crippen molar-refractivity contribution in [3.63, 3.8) is 0 Å². The predicted molar refractivity (Wildman–Crippen MR) is 86.0 cm³/mol. The van der Waals surface area contributed by atoms with Crippen LogP contribution in [0.5, 0.6) is 0 Å². The Balaban J connectivity index is 1.88. The zero-order valence-corrected chi connectivity index (χ0v) is 12.4. The zero-order valence-electron chi connectivity index (χ0n) is 11.6. The number of rotatable bonds is 3. The quantitative estimate of drug-likeness (QED) is 0.779. The third-order valence-corrected chi connectivity index (χ3v) is 4.62. The highest BCUT2D eigenvalue weighted by Crippen LogP contribution is 2.36. The molecule has 3 heterocycles. The first kappa shape index (κ1) is 13.1. The Labute approximate surface area is 130 Å². The van der Waals surface area contributed by atoms with Crippen LogP contribution < -0.4 is 5.32 Å². The van der Waals surface area contributed by atoms with Crippen molar-refractivity contribution in [2.45, 2.75) is 6.42 Å². The second kappa shape index (κ2) is 4.99. The van der Waals surface area contributed by atoms with Crippen LogP contribution in [0.4, 0.5) is 5.82 Å². The maximum absolute atomic E-state index is 11.2. The smallest absolute Gasteiger partial charge is 0.335 e. The van der Waals surface area contributed by atoms with Crippen LogP contribution in [0.15, 0.2) is 41.8 Å². The molecule has 4 rings (SSSR count). The maximum atomic E-state index is 11.2. The molecule has 1 aliphatic rings. The van der Waals surface area contributed by atoms with E-state index in [-0.39, 0.29) is 5.56 Å². The molecule has 1 aliphatic heterocycles. The molecule has 2 N–H and O–H groups in total. The first-order valence-electron chi connectivity index (χ1n) is 6.97. The molecule has 0 unspecified atom stereocenters. The van der Waals surface area contributed by atoms with Crippen LogP contribution in [0, 0.1) is 0 Å². The van der Waals surface area contributed by atoms with Gasteiger partial charge in [-0.1, -0.05) is 12.1 Å². The van der Waals surface area contributed by atoms with E-state index in [0.29, 0.717) is 0 Å². The fourth-order valence-electron chi connectivity index (χ4n) is 2.74. The van der Waals surface area contributed by atoms with E-state index >= 15 is 0 Å². The number of nitrogens with one attached hydrogen (secondary N) is 1. The standard InChI is InChI=1S/C16H13N3O2S/c20-16(21)10-3-1-4-11(9-10)19-15-12(6-7-17-15)14(18-19)13-5-2-8-22-13/h1-5,8-9,17H,6-7H2,(H,20,21). The molecule has 22 heavy (non-hydrogen) atoms. The fraction of sp³-hybridized carbons (Fsp3) is 0.125. The number of anilines is 1. The Kier molecular flexibility index (Phi) is 2.97. The zero-order chi connectivity index (χ0) is 15.1. The highest BCUT2D eigenvalue weighted by atomic mass is 32.1. The normalized spacial score (nSPS) is 12.9. The van der Waals surface area contributed by atoms with Gasteiger partial charge < -0.3 is 10.4 Å². The van der Waals surface area contributed by atoms with Crippen molar-refractivity contribution in [3.05, 3.63) is 52.9 Å². The van der Waals surface area contributed by atoms with Crippen molar-refractivity contribution in [1.82, 2.24) is 9.78 Å². The SMILES string of the molecule is O=C(O)c1cccc(-n2nc(-c3cccs3)c3c2NCC3)c1. The van der Waals surface area contributed by atoms with E-state index < -0.39 is 5.97 Å². The number of benzene rings is 1. The predicted octanol–water partition coefficient (Wildman–Crippen LogP) is 3.27. The number of carboxylic acids is 1. The summed E-state index contributed by atoms with van der Waals surface area (Å²) >= 11 is 1.66. The van der Waals surface area contributed by atoms with Gasteiger partial charge >= 0.3 is 5.97 Å². The van der Waals surface area contributed by atoms with Crippen LogP contribution >= 0.6 is 11.3 Å². The summed E-state index contributed by atoms with van der Waals surface area (Å²) in [5, 5.41) is 19.3. The minimum absolute atomic E-state index is 0.262. The van der Waals surface area contributed by atoms with Gasteiger partial charge in [0.05, 0.1) is 16.1 Å². The Bertz CT molecular complexity index is 852. The summed E-state index contributed by atoms with van der Waals surface area (Å²) < 4.78 is 1.81. The lowest BCUT2D eigenvalue weighted by atomic mass is 10.2. The number of fused-ring (bicyclic) bond motifs is 1. The summed E-state index contributed by atoms with van der Waals surface area (Å²) in [6, 6.07) is 10.9. The number of aromatic nitrogens is 2. The molecule has 0 spiro atoms. The van der Waals surface area contributed by atoms with E-state index in [0.717, 1.165) is 35.0 Å². The number of hydrogen-bond donors (Lipinski definition) is 2. The Hall–Kier alpha value is -2.60. The van der Waals surface area contributed by atoms with Gasteiger partial charge in [-0.15, -0.1) is 11.3 Å². The van der Waals surface area contributed by atoms with E-state index in [9.17, 15) is 4.79 Å². The molecule has 3 aromatic rings. The van der Waals surface area contributed by atoms with Gasteiger partial charge in [0.25, 0.3) is 0 Å². The van der Waals surface area contributed by atoms with Gasteiger partial charge in [0.15, 0.2) is 0 Å². The van der Waals surface area contributed by atoms with Crippen molar-refractivity contribution in [1.29, 1.82) is 0 Å². The molecule has 5 nitrogen and oxygen atoms in total. The van der Waals surface area contributed by atoms with Crippen LogP contribution in [0.1, 0.15) is 15.9 Å². The number of thiophene rings is 1. The lowest BCUT2D eigenvalue weighted by Crippen LogP contribution is -2.05. The van der Waals surface area contributed by atoms with E-state index in [1.54, 1.807) is 29.5 Å². The molecule has 0 amide bonds. The molecule has 0 saturated carbocycles. The second-order valence-electron chi connectivity index (χ2n) is 5.10. The summed E-state index contributed by atoms with van der Waals surface area (Å²) in [5.74, 6) is 0.0306. The number of nitrogens with zero attached hydrogens (tertiary/aromatic N) is 2. The minimum atomic E-state index is -0.933. The van der Waals surface area contributed by atoms with Gasteiger partial charge in [-0.25, -0.2) is 9.48 Å². The van der Waals surface area contributed by atoms with Crippen molar-refractivity contribution < 1.29 is 9.90 Å².